The van der Waals surface area contributed by atoms with Crippen LogP contribution in [0.3, 0.4) is 0 Å². The molecule has 5 nitrogen and oxygen atoms in total. The molecule has 0 saturated carbocycles. The summed E-state index contributed by atoms with van der Waals surface area (Å²) >= 11 is 5.62. The largest absolute Gasteiger partial charge is 0.320 e. The topological polar surface area (TPSA) is 66.5 Å². The number of hydrogen-bond acceptors (Lipinski definition) is 3. The van der Waals surface area contributed by atoms with Gasteiger partial charge in [0.15, 0.2) is 0 Å². The zero-order chi connectivity index (χ0) is 18.8. The van der Waals surface area contributed by atoms with E-state index in [9.17, 15) is 26.4 Å². The van der Waals surface area contributed by atoms with E-state index in [4.69, 9.17) is 11.6 Å². The molecule has 0 atom stereocenters. The van der Waals surface area contributed by atoms with E-state index in [0.29, 0.717) is 4.31 Å². The van der Waals surface area contributed by atoms with Crippen molar-refractivity contribution in [3.63, 3.8) is 0 Å². The fourth-order valence-electron chi connectivity index (χ4n) is 1.97. The third-order valence-electron chi connectivity index (χ3n) is 3.11. The lowest BCUT2D eigenvalue weighted by atomic mass is 10.3. The van der Waals surface area contributed by atoms with Gasteiger partial charge in [0.05, 0.1) is 17.0 Å². The molecule has 0 aliphatic heterocycles. The van der Waals surface area contributed by atoms with Gasteiger partial charge < -0.3 is 5.32 Å². The number of nitrogens with zero attached hydrogens (tertiary/aromatic N) is 1. The third-order valence-corrected chi connectivity index (χ3v) is 4.54. The van der Waals surface area contributed by atoms with Crippen LogP contribution in [0.15, 0.2) is 36.4 Å². The predicted molar refractivity (Wildman–Crippen MR) is 88.6 cm³/mol. The number of nitrogens with one attached hydrogen (secondary N) is 1. The van der Waals surface area contributed by atoms with Crippen LogP contribution in [0.5, 0.6) is 0 Å². The molecule has 0 aliphatic rings. The van der Waals surface area contributed by atoms with Crippen LogP contribution in [0.2, 0.25) is 5.02 Å². The lowest BCUT2D eigenvalue weighted by Crippen LogP contribution is -2.37. The quantitative estimate of drug-likeness (QED) is 0.850. The van der Waals surface area contributed by atoms with Gasteiger partial charge in [0, 0.05) is 0 Å². The summed E-state index contributed by atoms with van der Waals surface area (Å²) in [5.41, 5.74) is -0.767. The molecule has 2 aromatic rings. The number of amides is 1. The van der Waals surface area contributed by atoms with Crippen LogP contribution in [-0.2, 0) is 14.8 Å². The van der Waals surface area contributed by atoms with Crippen molar-refractivity contribution in [2.45, 2.75) is 0 Å². The Morgan fingerprint density at radius 2 is 1.72 bits per heavy atom. The van der Waals surface area contributed by atoms with E-state index in [1.165, 1.54) is 0 Å². The maximum Gasteiger partial charge on any atom is 0.245 e. The molecular formula is C15H12ClF3N2O3S. The van der Waals surface area contributed by atoms with Crippen LogP contribution in [-0.4, -0.2) is 27.1 Å². The van der Waals surface area contributed by atoms with Gasteiger partial charge in [-0.15, -0.1) is 0 Å². The Hall–Kier alpha value is -2.26. The minimum Gasteiger partial charge on any atom is -0.320 e. The fraction of sp³-hybridized carbons (Fsp3) is 0.133. The van der Waals surface area contributed by atoms with E-state index in [1.807, 2.05) is 5.32 Å². The SMILES string of the molecule is CS(=O)(=O)N(CC(=O)Nc1c(F)cccc1F)c1ccc(F)c(Cl)c1. The van der Waals surface area contributed by atoms with Crippen LogP contribution < -0.4 is 9.62 Å². The molecule has 134 valence electrons. The summed E-state index contributed by atoms with van der Waals surface area (Å²) in [7, 11) is -3.95. The first kappa shape index (κ1) is 19.1. The number of rotatable bonds is 5. The second-order valence-corrected chi connectivity index (χ2v) is 7.33. The van der Waals surface area contributed by atoms with Crippen LogP contribution >= 0.6 is 11.6 Å². The molecular weight excluding hydrogens is 381 g/mol. The number of para-hydroxylation sites is 1. The molecule has 25 heavy (non-hydrogen) atoms. The summed E-state index contributed by atoms with van der Waals surface area (Å²) in [4.78, 5) is 12.0. The number of carbonyl (C=O) groups excluding carboxylic acids is 1. The molecule has 1 N–H and O–H groups in total. The van der Waals surface area contributed by atoms with Crippen molar-refractivity contribution >= 4 is 38.9 Å². The van der Waals surface area contributed by atoms with Crippen LogP contribution in [0.25, 0.3) is 0 Å². The maximum atomic E-state index is 13.6. The number of halogens is 4. The summed E-state index contributed by atoms with van der Waals surface area (Å²) in [6.45, 7) is -0.783. The van der Waals surface area contributed by atoms with Crippen molar-refractivity contribution in [2.75, 3.05) is 22.4 Å². The lowest BCUT2D eigenvalue weighted by molar-refractivity contribution is -0.114. The normalized spacial score (nSPS) is 11.2. The first-order valence-electron chi connectivity index (χ1n) is 6.76. The minimum absolute atomic E-state index is 0.0712. The Bertz CT molecular complexity index is 902. The molecule has 10 heteroatoms. The second kappa shape index (κ2) is 7.32. The Kier molecular flexibility index (Phi) is 5.58. The highest BCUT2D eigenvalue weighted by atomic mass is 35.5. The Morgan fingerprint density at radius 1 is 1.12 bits per heavy atom. The van der Waals surface area contributed by atoms with Crippen molar-refractivity contribution in [3.05, 3.63) is 58.9 Å². The highest BCUT2D eigenvalue weighted by Crippen LogP contribution is 2.25. The number of benzene rings is 2. The molecule has 0 heterocycles. The molecule has 0 saturated heterocycles. The molecule has 0 unspecified atom stereocenters. The molecule has 0 radical (unpaired) electrons. The predicted octanol–water partition coefficient (Wildman–Crippen LogP) is 3.16. The van der Waals surface area contributed by atoms with Gasteiger partial charge in [0.2, 0.25) is 15.9 Å². The smallest absolute Gasteiger partial charge is 0.245 e. The zero-order valence-electron chi connectivity index (χ0n) is 12.8. The monoisotopic (exact) mass is 392 g/mol. The van der Waals surface area contributed by atoms with Crippen LogP contribution in [0, 0.1) is 17.5 Å². The Morgan fingerprint density at radius 3 is 2.24 bits per heavy atom. The average Bonchev–Trinajstić information content (AvgIpc) is 2.50. The third kappa shape index (κ3) is 4.64. The van der Waals surface area contributed by atoms with Crippen LogP contribution in [0.1, 0.15) is 0 Å². The first-order valence-corrected chi connectivity index (χ1v) is 8.99. The van der Waals surface area contributed by atoms with Gasteiger partial charge in [-0.2, -0.15) is 0 Å². The molecule has 0 spiro atoms. The molecule has 2 rings (SSSR count). The number of sulfonamides is 1. The summed E-state index contributed by atoms with van der Waals surface area (Å²) in [6, 6.07) is 6.06. The Labute approximate surface area is 147 Å². The van der Waals surface area contributed by atoms with Crippen LogP contribution in [0.4, 0.5) is 24.5 Å². The van der Waals surface area contributed by atoms with E-state index < -0.39 is 45.6 Å². The van der Waals surface area contributed by atoms with Crippen molar-refractivity contribution in [2.24, 2.45) is 0 Å². The van der Waals surface area contributed by atoms with E-state index in [0.717, 1.165) is 42.7 Å². The summed E-state index contributed by atoms with van der Waals surface area (Å²) in [6.07, 6.45) is 0.821. The summed E-state index contributed by atoms with van der Waals surface area (Å²) in [5, 5.41) is 1.63. The minimum atomic E-state index is -3.95. The summed E-state index contributed by atoms with van der Waals surface area (Å²) < 4.78 is 64.8. The highest BCUT2D eigenvalue weighted by Gasteiger charge is 2.23. The molecule has 0 aliphatic carbocycles. The number of hydrogen-bond donors (Lipinski definition) is 1. The standard InChI is InChI=1S/C15H12ClF3N2O3S/c1-25(23,24)21(9-5-6-11(17)10(16)7-9)8-14(22)20-15-12(18)3-2-4-13(15)19/h2-7H,8H2,1H3,(H,20,22). The van der Waals surface area contributed by atoms with Crippen molar-refractivity contribution in [1.29, 1.82) is 0 Å². The maximum absolute atomic E-state index is 13.6. The molecule has 2 aromatic carbocycles. The average molecular weight is 393 g/mol. The molecule has 1 amide bonds. The lowest BCUT2D eigenvalue weighted by Gasteiger charge is -2.22. The van der Waals surface area contributed by atoms with E-state index >= 15 is 0 Å². The van der Waals surface area contributed by atoms with Crippen molar-refractivity contribution in [1.82, 2.24) is 0 Å². The van der Waals surface area contributed by atoms with E-state index in [2.05, 4.69) is 0 Å². The van der Waals surface area contributed by atoms with Gasteiger partial charge in [-0.25, -0.2) is 21.6 Å². The van der Waals surface area contributed by atoms with Gasteiger partial charge >= 0.3 is 0 Å². The number of anilines is 2. The first-order chi connectivity index (χ1) is 11.6. The van der Waals surface area contributed by atoms with E-state index in [1.54, 1.807) is 0 Å². The highest BCUT2D eigenvalue weighted by molar-refractivity contribution is 7.92. The zero-order valence-corrected chi connectivity index (χ0v) is 14.3. The van der Waals surface area contributed by atoms with E-state index in [-0.39, 0.29) is 10.7 Å². The molecule has 0 fully saturated rings. The van der Waals surface area contributed by atoms with Gasteiger partial charge in [-0.1, -0.05) is 17.7 Å². The van der Waals surface area contributed by atoms with Crippen molar-refractivity contribution in [3.8, 4) is 0 Å². The number of carbonyl (C=O) groups is 1. The van der Waals surface area contributed by atoms with Gasteiger partial charge in [0.1, 0.15) is 29.7 Å². The molecule has 0 aromatic heterocycles. The summed E-state index contributed by atoms with van der Waals surface area (Å²) in [5.74, 6) is -3.78. The van der Waals surface area contributed by atoms with Gasteiger partial charge in [-0.3, -0.25) is 9.10 Å². The Balaban J connectivity index is 2.29. The van der Waals surface area contributed by atoms with Gasteiger partial charge in [0.25, 0.3) is 0 Å². The van der Waals surface area contributed by atoms with Crippen molar-refractivity contribution < 1.29 is 26.4 Å². The fourth-order valence-corrected chi connectivity index (χ4v) is 2.99. The molecule has 0 bridgehead atoms. The second-order valence-electron chi connectivity index (χ2n) is 5.01. The van der Waals surface area contributed by atoms with Gasteiger partial charge in [-0.05, 0) is 30.3 Å².